The molecule has 0 spiro atoms. The fraction of sp³-hybridized carbons (Fsp3) is 0.750. The summed E-state index contributed by atoms with van der Waals surface area (Å²) < 4.78 is 5.43. The van der Waals surface area contributed by atoms with Gasteiger partial charge in [0.1, 0.15) is 5.76 Å². The summed E-state index contributed by atoms with van der Waals surface area (Å²) in [7, 11) is 0. The Kier molecular flexibility index (Phi) is 3.41. The monoisotopic (exact) mass is 208 g/mol. The van der Waals surface area contributed by atoms with Crippen molar-refractivity contribution in [3.05, 3.63) is 17.8 Å². The zero-order valence-electron chi connectivity index (χ0n) is 9.70. The number of hydrogen-bond acceptors (Lipinski definition) is 3. The number of nitrogens with zero attached hydrogens (tertiary/aromatic N) is 2. The van der Waals surface area contributed by atoms with E-state index in [0.717, 1.165) is 18.0 Å². The average Bonchev–Trinajstić information content (AvgIpc) is 2.67. The van der Waals surface area contributed by atoms with Crippen molar-refractivity contribution < 1.29 is 4.42 Å². The van der Waals surface area contributed by atoms with Crippen molar-refractivity contribution in [3.63, 3.8) is 0 Å². The molecule has 2 rings (SSSR count). The van der Waals surface area contributed by atoms with Gasteiger partial charge in [-0.1, -0.05) is 20.3 Å². The highest BCUT2D eigenvalue weighted by molar-refractivity contribution is 5.11. The summed E-state index contributed by atoms with van der Waals surface area (Å²) in [6, 6.07) is 0. The molecule has 3 nitrogen and oxygen atoms in total. The number of hydrogen-bond donors (Lipinski definition) is 0. The largest absolute Gasteiger partial charge is 0.448 e. The van der Waals surface area contributed by atoms with Crippen molar-refractivity contribution in [2.24, 2.45) is 0 Å². The summed E-state index contributed by atoms with van der Waals surface area (Å²) in [5, 5.41) is 0. The minimum absolute atomic E-state index is 0.437. The normalized spacial score (nSPS) is 18.6. The standard InChI is InChI=1S/C12H20N2O/c1-10(2)12-11(13-9-15-12)8-14-6-4-3-5-7-14/h9-10H,3-8H2,1-2H3. The molecule has 1 fully saturated rings. The van der Waals surface area contributed by atoms with Gasteiger partial charge in [-0.3, -0.25) is 4.90 Å². The minimum Gasteiger partial charge on any atom is -0.448 e. The molecular weight excluding hydrogens is 188 g/mol. The highest BCUT2D eigenvalue weighted by Crippen LogP contribution is 2.21. The Morgan fingerprint density at radius 3 is 2.73 bits per heavy atom. The molecule has 0 bridgehead atoms. The number of oxazole rings is 1. The van der Waals surface area contributed by atoms with Gasteiger partial charge in [-0.25, -0.2) is 4.98 Å². The third kappa shape index (κ3) is 2.59. The molecule has 0 saturated carbocycles. The van der Waals surface area contributed by atoms with Gasteiger partial charge >= 0.3 is 0 Å². The Morgan fingerprint density at radius 2 is 2.07 bits per heavy atom. The van der Waals surface area contributed by atoms with E-state index in [2.05, 4.69) is 23.7 Å². The fourth-order valence-corrected chi connectivity index (χ4v) is 2.20. The quantitative estimate of drug-likeness (QED) is 0.765. The smallest absolute Gasteiger partial charge is 0.181 e. The molecule has 0 amide bonds. The predicted molar refractivity (Wildman–Crippen MR) is 59.7 cm³/mol. The number of aromatic nitrogens is 1. The van der Waals surface area contributed by atoms with Crippen LogP contribution in [0, 0.1) is 0 Å². The van der Waals surface area contributed by atoms with E-state index in [1.54, 1.807) is 6.39 Å². The highest BCUT2D eigenvalue weighted by atomic mass is 16.3. The van der Waals surface area contributed by atoms with Crippen molar-refractivity contribution in [1.82, 2.24) is 9.88 Å². The molecule has 0 aliphatic carbocycles. The maximum atomic E-state index is 5.43. The fourth-order valence-electron chi connectivity index (χ4n) is 2.20. The molecule has 0 N–H and O–H groups in total. The SMILES string of the molecule is CC(C)c1ocnc1CN1CCCCC1. The Balaban J connectivity index is 1.99. The number of likely N-dealkylation sites (tertiary alicyclic amines) is 1. The van der Waals surface area contributed by atoms with Gasteiger partial charge in [-0.05, 0) is 25.9 Å². The summed E-state index contributed by atoms with van der Waals surface area (Å²) in [4.78, 5) is 6.80. The van der Waals surface area contributed by atoms with E-state index in [1.807, 2.05) is 0 Å². The lowest BCUT2D eigenvalue weighted by molar-refractivity contribution is 0.217. The van der Waals surface area contributed by atoms with Gasteiger partial charge in [0.25, 0.3) is 0 Å². The Labute approximate surface area is 91.5 Å². The summed E-state index contributed by atoms with van der Waals surface area (Å²) in [6.07, 6.45) is 5.62. The predicted octanol–water partition coefficient (Wildman–Crippen LogP) is 2.78. The number of rotatable bonds is 3. The third-order valence-corrected chi connectivity index (χ3v) is 3.02. The topological polar surface area (TPSA) is 29.3 Å². The third-order valence-electron chi connectivity index (χ3n) is 3.02. The highest BCUT2D eigenvalue weighted by Gasteiger charge is 2.16. The van der Waals surface area contributed by atoms with Crippen LogP contribution in [0.5, 0.6) is 0 Å². The maximum Gasteiger partial charge on any atom is 0.181 e. The van der Waals surface area contributed by atoms with Crippen LogP contribution in [0.15, 0.2) is 10.8 Å². The summed E-state index contributed by atoms with van der Waals surface area (Å²) in [5.74, 6) is 1.49. The molecular formula is C12H20N2O. The van der Waals surface area contributed by atoms with E-state index in [1.165, 1.54) is 32.4 Å². The van der Waals surface area contributed by atoms with Crippen LogP contribution >= 0.6 is 0 Å². The van der Waals surface area contributed by atoms with Crippen molar-refractivity contribution in [1.29, 1.82) is 0 Å². The molecule has 15 heavy (non-hydrogen) atoms. The van der Waals surface area contributed by atoms with Gasteiger partial charge in [-0.15, -0.1) is 0 Å². The average molecular weight is 208 g/mol. The summed E-state index contributed by atoms with van der Waals surface area (Å²) in [6.45, 7) is 7.69. The first kappa shape index (κ1) is 10.7. The molecule has 1 aromatic rings. The van der Waals surface area contributed by atoms with E-state index in [-0.39, 0.29) is 0 Å². The first-order valence-electron chi connectivity index (χ1n) is 5.92. The second-order valence-electron chi connectivity index (χ2n) is 4.65. The van der Waals surface area contributed by atoms with Crippen LogP contribution in [0.3, 0.4) is 0 Å². The zero-order chi connectivity index (χ0) is 10.7. The van der Waals surface area contributed by atoms with Gasteiger partial charge in [-0.2, -0.15) is 0 Å². The zero-order valence-corrected chi connectivity index (χ0v) is 9.70. The summed E-state index contributed by atoms with van der Waals surface area (Å²) >= 11 is 0. The van der Waals surface area contributed by atoms with Crippen LogP contribution in [0.25, 0.3) is 0 Å². The molecule has 2 heterocycles. The van der Waals surface area contributed by atoms with Crippen molar-refractivity contribution >= 4 is 0 Å². The molecule has 0 unspecified atom stereocenters. The van der Waals surface area contributed by atoms with E-state index in [0.29, 0.717) is 5.92 Å². The molecule has 0 atom stereocenters. The second kappa shape index (κ2) is 4.79. The van der Waals surface area contributed by atoms with Crippen LogP contribution in [0.4, 0.5) is 0 Å². The first-order valence-corrected chi connectivity index (χ1v) is 5.92. The maximum absolute atomic E-state index is 5.43. The van der Waals surface area contributed by atoms with Crippen LogP contribution in [-0.2, 0) is 6.54 Å². The van der Waals surface area contributed by atoms with Crippen molar-refractivity contribution in [2.45, 2.75) is 45.6 Å². The molecule has 3 heteroatoms. The van der Waals surface area contributed by atoms with Gasteiger partial charge in [0.2, 0.25) is 0 Å². The van der Waals surface area contributed by atoms with Gasteiger partial charge < -0.3 is 4.42 Å². The van der Waals surface area contributed by atoms with E-state index in [4.69, 9.17) is 4.42 Å². The van der Waals surface area contributed by atoms with Crippen molar-refractivity contribution in [3.8, 4) is 0 Å². The molecule has 1 aliphatic heterocycles. The number of piperidine rings is 1. The second-order valence-corrected chi connectivity index (χ2v) is 4.65. The van der Waals surface area contributed by atoms with Crippen LogP contribution in [0.2, 0.25) is 0 Å². The van der Waals surface area contributed by atoms with E-state index in [9.17, 15) is 0 Å². The van der Waals surface area contributed by atoms with E-state index < -0.39 is 0 Å². The lowest BCUT2D eigenvalue weighted by Gasteiger charge is -2.25. The Bertz CT molecular complexity index is 300. The van der Waals surface area contributed by atoms with Gasteiger partial charge in [0.15, 0.2) is 6.39 Å². The molecule has 0 radical (unpaired) electrons. The van der Waals surface area contributed by atoms with Gasteiger partial charge in [0, 0.05) is 12.5 Å². The Hall–Kier alpha value is -0.830. The molecule has 0 aromatic carbocycles. The molecule has 84 valence electrons. The van der Waals surface area contributed by atoms with Crippen LogP contribution in [-0.4, -0.2) is 23.0 Å². The van der Waals surface area contributed by atoms with E-state index >= 15 is 0 Å². The minimum atomic E-state index is 0.437. The molecule has 1 aliphatic rings. The van der Waals surface area contributed by atoms with Crippen molar-refractivity contribution in [2.75, 3.05) is 13.1 Å². The lowest BCUT2D eigenvalue weighted by atomic mass is 10.1. The molecule has 1 saturated heterocycles. The lowest BCUT2D eigenvalue weighted by Crippen LogP contribution is -2.29. The first-order chi connectivity index (χ1) is 7.27. The van der Waals surface area contributed by atoms with Crippen LogP contribution in [0.1, 0.15) is 50.5 Å². The van der Waals surface area contributed by atoms with Crippen LogP contribution < -0.4 is 0 Å². The molecule has 1 aromatic heterocycles. The van der Waals surface area contributed by atoms with Gasteiger partial charge in [0.05, 0.1) is 5.69 Å². The summed E-state index contributed by atoms with van der Waals surface area (Å²) in [5.41, 5.74) is 1.13. The Morgan fingerprint density at radius 1 is 1.33 bits per heavy atom.